The average Bonchev–Trinajstić information content (AvgIpc) is 2.26. The number of carbonyl (C=O) groups is 1. The molecule has 76 valence electrons. The Kier molecular flexibility index (Phi) is 4.18. The third-order valence-electron chi connectivity index (χ3n) is 1.46. The third kappa shape index (κ3) is 3.21. The van der Waals surface area contributed by atoms with E-state index in [-0.39, 0.29) is 11.7 Å². The molecule has 14 heavy (non-hydrogen) atoms. The van der Waals surface area contributed by atoms with Gasteiger partial charge in [-0.3, -0.25) is 4.79 Å². The van der Waals surface area contributed by atoms with Gasteiger partial charge in [-0.15, -0.1) is 0 Å². The summed E-state index contributed by atoms with van der Waals surface area (Å²) in [6.07, 6.45) is 1.45. The molecule has 0 aromatic carbocycles. The van der Waals surface area contributed by atoms with Crippen LogP contribution < -0.4 is 5.32 Å². The summed E-state index contributed by atoms with van der Waals surface area (Å²) >= 11 is 1.32. The molecule has 0 unspecified atom stereocenters. The van der Waals surface area contributed by atoms with E-state index in [0.29, 0.717) is 0 Å². The molecule has 1 aromatic rings. The topological polar surface area (TPSA) is 64.1 Å². The van der Waals surface area contributed by atoms with Crippen molar-refractivity contribution >= 4 is 23.5 Å². The Morgan fingerprint density at radius 1 is 1.64 bits per heavy atom. The van der Waals surface area contributed by atoms with Gasteiger partial charge in [0.25, 0.3) is 0 Å². The normalized spacial score (nSPS) is 9.57. The molecule has 1 rings (SSSR count). The molecule has 0 saturated heterocycles. The van der Waals surface area contributed by atoms with E-state index in [1.165, 1.54) is 25.2 Å². The minimum atomic E-state index is -0.264. The second kappa shape index (κ2) is 5.43. The van der Waals surface area contributed by atoms with Gasteiger partial charge in [0.15, 0.2) is 0 Å². The second-order valence-corrected chi connectivity index (χ2v) is 3.35. The first-order chi connectivity index (χ1) is 6.76. The lowest BCUT2D eigenvalue weighted by Crippen LogP contribution is -2.03. The first-order valence-corrected chi connectivity index (χ1v) is 4.94. The number of nitrogens with zero attached hydrogens (tertiary/aromatic N) is 2. The molecular weight excluding hydrogens is 202 g/mol. The molecule has 0 aliphatic heterocycles. The SMILES string of the molecule is CNc1cc(SCC(=O)OC)ncn1. The number of carbonyl (C=O) groups excluding carboxylic acids is 1. The highest BCUT2D eigenvalue weighted by molar-refractivity contribution is 7.99. The van der Waals surface area contributed by atoms with Gasteiger partial charge in [-0.1, -0.05) is 11.8 Å². The van der Waals surface area contributed by atoms with Crippen LogP contribution in [0.3, 0.4) is 0 Å². The van der Waals surface area contributed by atoms with Gasteiger partial charge in [0.2, 0.25) is 0 Å². The highest BCUT2D eigenvalue weighted by Crippen LogP contribution is 2.16. The molecule has 0 aliphatic rings. The van der Waals surface area contributed by atoms with Crippen LogP contribution in [0.5, 0.6) is 0 Å². The van der Waals surface area contributed by atoms with Crippen molar-refractivity contribution in [2.45, 2.75) is 5.03 Å². The quantitative estimate of drug-likeness (QED) is 0.453. The standard InChI is InChI=1S/C8H11N3O2S/c1-9-6-3-7(11-5-10-6)14-4-8(12)13-2/h3,5H,4H2,1-2H3,(H,9,10,11). The highest BCUT2D eigenvalue weighted by Gasteiger charge is 2.03. The number of thioether (sulfide) groups is 1. The Morgan fingerprint density at radius 3 is 3.07 bits per heavy atom. The first kappa shape index (κ1) is 10.8. The number of esters is 1. The molecule has 0 atom stereocenters. The van der Waals surface area contributed by atoms with Gasteiger partial charge in [0, 0.05) is 13.1 Å². The lowest BCUT2D eigenvalue weighted by Gasteiger charge is -2.01. The van der Waals surface area contributed by atoms with Crippen LogP contribution in [0.15, 0.2) is 17.4 Å². The number of rotatable bonds is 4. The fraction of sp³-hybridized carbons (Fsp3) is 0.375. The predicted octanol–water partition coefficient (Wildman–Crippen LogP) is 0.783. The first-order valence-electron chi connectivity index (χ1n) is 3.95. The number of hydrogen-bond acceptors (Lipinski definition) is 6. The summed E-state index contributed by atoms with van der Waals surface area (Å²) < 4.78 is 4.51. The molecule has 1 heterocycles. The number of ether oxygens (including phenoxy) is 1. The molecule has 0 fully saturated rings. The molecule has 0 radical (unpaired) electrons. The molecule has 1 aromatic heterocycles. The van der Waals surface area contributed by atoms with Gasteiger partial charge in [0.05, 0.1) is 12.9 Å². The maximum atomic E-state index is 10.8. The molecule has 5 nitrogen and oxygen atoms in total. The molecule has 0 aliphatic carbocycles. The Morgan fingerprint density at radius 2 is 2.43 bits per heavy atom. The van der Waals surface area contributed by atoms with E-state index in [1.807, 2.05) is 0 Å². The Hall–Kier alpha value is -1.30. The van der Waals surface area contributed by atoms with Crippen molar-refractivity contribution in [2.24, 2.45) is 0 Å². The zero-order valence-corrected chi connectivity index (χ0v) is 8.80. The van der Waals surface area contributed by atoms with Gasteiger partial charge in [0.1, 0.15) is 17.2 Å². The predicted molar refractivity (Wildman–Crippen MR) is 54.3 cm³/mol. The van der Waals surface area contributed by atoms with Crippen molar-refractivity contribution in [1.29, 1.82) is 0 Å². The van der Waals surface area contributed by atoms with Gasteiger partial charge < -0.3 is 10.1 Å². The number of hydrogen-bond donors (Lipinski definition) is 1. The zero-order chi connectivity index (χ0) is 10.4. The highest BCUT2D eigenvalue weighted by atomic mass is 32.2. The van der Waals surface area contributed by atoms with E-state index in [4.69, 9.17) is 0 Å². The number of nitrogens with one attached hydrogen (secondary N) is 1. The molecule has 0 bridgehead atoms. The van der Waals surface area contributed by atoms with Gasteiger partial charge in [-0.25, -0.2) is 9.97 Å². The molecular formula is C8H11N3O2S. The third-order valence-corrected chi connectivity index (χ3v) is 2.36. The largest absolute Gasteiger partial charge is 0.468 e. The van der Waals surface area contributed by atoms with Gasteiger partial charge >= 0.3 is 5.97 Å². The zero-order valence-electron chi connectivity index (χ0n) is 7.98. The maximum absolute atomic E-state index is 10.8. The number of aromatic nitrogens is 2. The van der Waals surface area contributed by atoms with Crippen LogP contribution in [0.2, 0.25) is 0 Å². The van der Waals surface area contributed by atoms with Gasteiger partial charge in [-0.05, 0) is 0 Å². The van der Waals surface area contributed by atoms with Crippen molar-refractivity contribution in [3.8, 4) is 0 Å². The van der Waals surface area contributed by atoms with E-state index < -0.39 is 0 Å². The summed E-state index contributed by atoms with van der Waals surface area (Å²) in [5.74, 6) is 0.725. The second-order valence-electron chi connectivity index (χ2n) is 2.36. The van der Waals surface area contributed by atoms with E-state index in [9.17, 15) is 4.79 Å². The monoisotopic (exact) mass is 213 g/mol. The molecule has 0 spiro atoms. The van der Waals surface area contributed by atoms with Crippen LogP contribution in [0.25, 0.3) is 0 Å². The molecule has 6 heteroatoms. The smallest absolute Gasteiger partial charge is 0.316 e. The van der Waals surface area contributed by atoms with Crippen LogP contribution in [-0.4, -0.2) is 35.8 Å². The summed E-state index contributed by atoms with van der Waals surface area (Å²) in [5.41, 5.74) is 0. The minimum Gasteiger partial charge on any atom is -0.468 e. The van der Waals surface area contributed by atoms with Crippen molar-refractivity contribution in [3.63, 3.8) is 0 Å². The fourth-order valence-electron chi connectivity index (χ4n) is 0.747. The summed E-state index contributed by atoms with van der Waals surface area (Å²) in [6, 6.07) is 1.77. The number of anilines is 1. The van der Waals surface area contributed by atoms with Crippen LogP contribution in [-0.2, 0) is 9.53 Å². The van der Waals surface area contributed by atoms with Crippen molar-refractivity contribution < 1.29 is 9.53 Å². The van der Waals surface area contributed by atoms with Gasteiger partial charge in [-0.2, -0.15) is 0 Å². The van der Waals surface area contributed by atoms with E-state index in [2.05, 4.69) is 20.0 Å². The summed E-state index contributed by atoms with van der Waals surface area (Å²) in [6.45, 7) is 0. The Labute approximate surface area is 86.3 Å². The fourth-order valence-corrected chi connectivity index (χ4v) is 1.45. The summed E-state index contributed by atoms with van der Waals surface area (Å²) in [5, 5.41) is 3.63. The number of methoxy groups -OCH3 is 1. The molecule has 0 amide bonds. The van der Waals surface area contributed by atoms with E-state index in [0.717, 1.165) is 10.8 Å². The van der Waals surface area contributed by atoms with Crippen LogP contribution in [0.1, 0.15) is 0 Å². The Balaban J connectivity index is 2.54. The van der Waals surface area contributed by atoms with Crippen molar-refractivity contribution in [2.75, 3.05) is 25.2 Å². The summed E-state index contributed by atoms with van der Waals surface area (Å²) in [7, 11) is 3.14. The van der Waals surface area contributed by atoms with Crippen LogP contribution in [0, 0.1) is 0 Å². The Bertz CT molecular complexity index is 319. The lowest BCUT2D eigenvalue weighted by molar-refractivity contribution is -0.137. The molecule has 0 saturated carbocycles. The van der Waals surface area contributed by atoms with E-state index >= 15 is 0 Å². The van der Waals surface area contributed by atoms with Crippen LogP contribution in [0.4, 0.5) is 5.82 Å². The lowest BCUT2D eigenvalue weighted by atomic mass is 10.6. The minimum absolute atomic E-state index is 0.261. The molecule has 1 N–H and O–H groups in total. The average molecular weight is 213 g/mol. The van der Waals surface area contributed by atoms with E-state index in [1.54, 1.807) is 13.1 Å². The summed E-state index contributed by atoms with van der Waals surface area (Å²) in [4.78, 5) is 18.8. The van der Waals surface area contributed by atoms with Crippen LogP contribution >= 0.6 is 11.8 Å². The maximum Gasteiger partial charge on any atom is 0.316 e. The van der Waals surface area contributed by atoms with Crippen molar-refractivity contribution in [3.05, 3.63) is 12.4 Å². The van der Waals surface area contributed by atoms with Crippen molar-refractivity contribution in [1.82, 2.24) is 9.97 Å².